The number of hydrogen-bond acceptors (Lipinski definition) is 10. The van der Waals surface area contributed by atoms with Crippen LogP contribution in [0, 0.1) is 0 Å². The quantitative estimate of drug-likeness (QED) is 0.113. The number of ketones is 1. The molecule has 0 saturated carbocycles. The maximum atomic E-state index is 13.1. The van der Waals surface area contributed by atoms with Crippen molar-refractivity contribution in [3.63, 3.8) is 0 Å². The van der Waals surface area contributed by atoms with E-state index in [1.165, 1.54) is 36.1 Å². The summed E-state index contributed by atoms with van der Waals surface area (Å²) in [7, 11) is 1.27. The van der Waals surface area contributed by atoms with Crippen molar-refractivity contribution in [2.24, 2.45) is 5.16 Å². The number of amides is 2. The second kappa shape index (κ2) is 10.3. The average molecular weight is 591 g/mol. The molecule has 4 N–H and O–H groups in total. The number of nitrogens with two attached hydrogens (primary N) is 1. The number of nitrogen functional groups attached to an aromatic ring is 1. The lowest BCUT2D eigenvalue weighted by molar-refractivity contribution is -0.688. The molecule has 0 unspecified atom stereocenters. The molecular formula is C23H21ClN7O6S2+. The van der Waals surface area contributed by atoms with Gasteiger partial charge in [-0.15, -0.1) is 23.1 Å². The lowest BCUT2D eigenvalue weighted by atomic mass is 10.0. The van der Waals surface area contributed by atoms with Crippen molar-refractivity contribution >= 4 is 74.6 Å². The largest absolute Gasteiger partial charge is 0.477 e. The summed E-state index contributed by atoms with van der Waals surface area (Å²) in [5.74, 6) is -2.37. The van der Waals surface area contributed by atoms with E-state index in [-0.39, 0.29) is 34.6 Å². The number of β-lactam (4-membered cyclic amide) rings is 1. The van der Waals surface area contributed by atoms with Crippen LogP contribution < -0.4 is 15.6 Å². The molecule has 5 rings (SSSR count). The van der Waals surface area contributed by atoms with E-state index >= 15 is 0 Å². The third kappa shape index (κ3) is 4.72. The van der Waals surface area contributed by atoms with Gasteiger partial charge in [-0.2, -0.15) is 4.57 Å². The second-order valence-electron chi connectivity index (χ2n) is 8.60. The van der Waals surface area contributed by atoms with E-state index in [0.717, 1.165) is 11.3 Å². The van der Waals surface area contributed by atoms with Gasteiger partial charge in [0.05, 0.1) is 16.9 Å². The summed E-state index contributed by atoms with van der Waals surface area (Å²) in [6.07, 6.45) is 5.08. The molecule has 16 heteroatoms. The monoisotopic (exact) mass is 590 g/mol. The Labute approximate surface area is 233 Å². The van der Waals surface area contributed by atoms with Crippen molar-refractivity contribution in [2.75, 3.05) is 18.6 Å². The van der Waals surface area contributed by atoms with Crippen molar-refractivity contribution in [3.8, 4) is 0 Å². The predicted molar refractivity (Wildman–Crippen MR) is 142 cm³/mol. The number of rotatable bonds is 8. The van der Waals surface area contributed by atoms with E-state index in [1.807, 2.05) is 0 Å². The Morgan fingerprint density at radius 2 is 2.18 bits per heavy atom. The van der Waals surface area contributed by atoms with Crippen molar-refractivity contribution in [2.45, 2.75) is 24.9 Å². The third-order valence-electron chi connectivity index (χ3n) is 6.16. The van der Waals surface area contributed by atoms with Gasteiger partial charge in [0.25, 0.3) is 11.8 Å². The van der Waals surface area contributed by atoms with E-state index in [9.17, 15) is 24.3 Å². The summed E-state index contributed by atoms with van der Waals surface area (Å²) >= 11 is 8.76. The standard InChI is InChI=1S/C23H20ClN7O6S2/c1-10(32)14-5-12(24)15-7-29(3-4-30(14)15)6-11-8-38-21-17(20(34)31(21)18(11)22(35)36)27-19(33)16(28-37-2)13-9-39-23(25)26-13/h3-5,7,9,17,21H,6,8H2,1-2H3,(H3-,25,26,27,33,35,36)/p+1/b28-16-/t17-,21+/m1/s1. The summed E-state index contributed by atoms with van der Waals surface area (Å²) in [4.78, 5) is 60.1. The van der Waals surface area contributed by atoms with Gasteiger partial charge in [0.1, 0.15) is 35.4 Å². The van der Waals surface area contributed by atoms with Gasteiger partial charge in [0.2, 0.25) is 0 Å². The molecule has 13 nitrogen and oxygen atoms in total. The van der Waals surface area contributed by atoms with Crippen molar-refractivity contribution in [3.05, 3.63) is 57.7 Å². The van der Waals surface area contributed by atoms with E-state index < -0.39 is 29.2 Å². The first-order valence-corrected chi connectivity index (χ1v) is 13.6. The molecular weight excluding hydrogens is 570 g/mol. The summed E-state index contributed by atoms with van der Waals surface area (Å²) in [5, 5.41) is 17.9. The van der Waals surface area contributed by atoms with E-state index in [0.29, 0.717) is 27.6 Å². The zero-order chi connectivity index (χ0) is 28.0. The summed E-state index contributed by atoms with van der Waals surface area (Å²) in [6.45, 7) is 1.62. The van der Waals surface area contributed by atoms with Crippen LogP contribution in [-0.4, -0.2) is 72.9 Å². The number of aliphatic carboxylic acids is 1. The number of Topliss-reactive ketones (excluding diaryl/α,β-unsaturated/α-hetero) is 1. The molecule has 3 aromatic rings. The molecule has 202 valence electrons. The lowest BCUT2D eigenvalue weighted by Crippen LogP contribution is -2.71. The van der Waals surface area contributed by atoms with Crippen LogP contribution in [0.4, 0.5) is 5.13 Å². The first-order valence-electron chi connectivity index (χ1n) is 11.3. The number of nitrogens with one attached hydrogen (secondary N) is 1. The number of thiazole rings is 1. The minimum absolute atomic E-state index is 0.134. The fourth-order valence-electron chi connectivity index (χ4n) is 4.44. The number of carbonyl (C=O) groups excluding carboxylic acids is 3. The molecule has 2 atom stereocenters. The van der Waals surface area contributed by atoms with Gasteiger partial charge in [-0.05, 0) is 6.07 Å². The number of nitrogens with zero attached hydrogens (tertiary/aromatic N) is 5. The molecule has 5 heterocycles. The van der Waals surface area contributed by atoms with Gasteiger partial charge in [-0.3, -0.25) is 19.3 Å². The SMILES string of the molecule is CO/N=C(\C(=O)N[C@@H]1C(=O)N2C(C(=O)O)=C(C[n+]3ccn4c(C(C)=O)cc(Cl)c4c3)CS[C@@H]12)c1csc(N)n1. The first kappa shape index (κ1) is 26.6. The van der Waals surface area contributed by atoms with Crippen molar-refractivity contribution in [1.29, 1.82) is 0 Å². The van der Waals surface area contributed by atoms with Crippen LogP contribution in [0.1, 0.15) is 23.1 Å². The number of carboxylic acid groups (broad SMARTS) is 1. The van der Waals surface area contributed by atoms with Crippen LogP contribution >= 0.6 is 34.7 Å². The van der Waals surface area contributed by atoms with Gasteiger partial charge in [0.15, 0.2) is 35.6 Å². The van der Waals surface area contributed by atoms with Crippen LogP contribution in [0.25, 0.3) is 5.52 Å². The maximum absolute atomic E-state index is 13.1. The number of aromatic nitrogens is 3. The molecule has 2 amide bonds. The van der Waals surface area contributed by atoms with Crippen LogP contribution in [0.2, 0.25) is 5.02 Å². The van der Waals surface area contributed by atoms with Gasteiger partial charge < -0.3 is 25.4 Å². The Balaban J connectivity index is 1.37. The fourth-order valence-corrected chi connectivity index (χ4v) is 6.57. The normalized spacial score (nSPS) is 19.1. The molecule has 0 aromatic carbocycles. The minimum Gasteiger partial charge on any atom is -0.477 e. The molecule has 3 aromatic heterocycles. The van der Waals surface area contributed by atoms with Gasteiger partial charge >= 0.3 is 5.97 Å². The van der Waals surface area contributed by atoms with Gasteiger partial charge in [-0.25, -0.2) is 9.78 Å². The molecule has 2 aliphatic rings. The van der Waals surface area contributed by atoms with Gasteiger partial charge in [0, 0.05) is 23.6 Å². The number of anilines is 1. The van der Waals surface area contributed by atoms with E-state index in [4.69, 9.17) is 22.2 Å². The van der Waals surface area contributed by atoms with Crippen LogP contribution in [0.3, 0.4) is 0 Å². The van der Waals surface area contributed by atoms with Crippen molar-refractivity contribution in [1.82, 2.24) is 19.6 Å². The molecule has 39 heavy (non-hydrogen) atoms. The van der Waals surface area contributed by atoms with Crippen molar-refractivity contribution < 1.29 is 33.7 Å². The van der Waals surface area contributed by atoms with E-state index in [1.54, 1.807) is 33.6 Å². The Kier molecular flexibility index (Phi) is 7.05. The molecule has 0 spiro atoms. The number of fused-ring (bicyclic) bond motifs is 2. The van der Waals surface area contributed by atoms with Gasteiger partial charge in [-0.1, -0.05) is 16.8 Å². The smallest absolute Gasteiger partial charge is 0.352 e. The van der Waals surface area contributed by atoms with E-state index in [2.05, 4.69) is 15.5 Å². The summed E-state index contributed by atoms with van der Waals surface area (Å²) < 4.78 is 3.40. The zero-order valence-electron chi connectivity index (χ0n) is 20.5. The number of halogens is 1. The number of oxime groups is 1. The average Bonchev–Trinajstić information content (AvgIpc) is 3.48. The number of carboxylic acids is 1. The summed E-state index contributed by atoms with van der Waals surface area (Å²) in [6, 6.07) is 0.608. The molecule has 0 aliphatic carbocycles. The highest BCUT2D eigenvalue weighted by Crippen LogP contribution is 2.40. The highest BCUT2D eigenvalue weighted by molar-refractivity contribution is 8.00. The van der Waals surface area contributed by atoms with Crippen LogP contribution in [0.5, 0.6) is 0 Å². The summed E-state index contributed by atoms with van der Waals surface area (Å²) in [5.41, 5.74) is 7.07. The Morgan fingerprint density at radius 3 is 2.82 bits per heavy atom. The zero-order valence-corrected chi connectivity index (χ0v) is 22.8. The minimum atomic E-state index is -1.26. The number of carbonyl (C=O) groups is 4. The van der Waals surface area contributed by atoms with Crippen LogP contribution in [0.15, 0.2) is 46.5 Å². The molecule has 1 saturated heterocycles. The maximum Gasteiger partial charge on any atom is 0.352 e. The first-order chi connectivity index (χ1) is 18.6. The Hall–Kier alpha value is -3.95. The number of thioether (sulfide) groups is 1. The molecule has 2 aliphatic heterocycles. The molecule has 0 bridgehead atoms. The highest BCUT2D eigenvalue weighted by atomic mass is 35.5. The Bertz CT molecular complexity index is 1610. The Morgan fingerprint density at radius 1 is 1.41 bits per heavy atom. The molecule has 0 radical (unpaired) electrons. The fraction of sp³-hybridized carbons (Fsp3) is 0.261. The third-order valence-corrected chi connectivity index (χ3v) is 8.47. The lowest BCUT2D eigenvalue weighted by Gasteiger charge is -2.49. The highest BCUT2D eigenvalue weighted by Gasteiger charge is 2.54. The topological polar surface area (TPSA) is 173 Å². The second-order valence-corrected chi connectivity index (χ2v) is 11.0. The van der Waals surface area contributed by atoms with Crippen LogP contribution in [-0.2, 0) is 25.8 Å². The molecule has 1 fully saturated rings. The predicted octanol–water partition coefficient (Wildman–Crippen LogP) is 0.911. The number of hydrogen-bond donors (Lipinski definition) is 3.